The van der Waals surface area contributed by atoms with Gasteiger partial charge in [0.1, 0.15) is 6.04 Å². The standard InChI is InChI=1S/C10H15N3O5/c1-5-9(17-6(2)14)10(18-7(3)15)8(4-16-5)12-13-11/h5,8-10H,4H2,1-3H3/t5?,8?,9-,10?/m1/s1. The Kier molecular flexibility index (Phi) is 4.94. The van der Waals surface area contributed by atoms with Gasteiger partial charge in [0.2, 0.25) is 0 Å². The summed E-state index contributed by atoms with van der Waals surface area (Å²) in [6.07, 6.45) is -2.05. The Balaban J connectivity index is 2.93. The van der Waals surface area contributed by atoms with Crippen LogP contribution in [-0.4, -0.2) is 42.9 Å². The summed E-state index contributed by atoms with van der Waals surface area (Å²) in [5, 5.41) is 3.50. The zero-order valence-electron chi connectivity index (χ0n) is 10.4. The summed E-state index contributed by atoms with van der Waals surface area (Å²) in [5.41, 5.74) is 8.46. The van der Waals surface area contributed by atoms with Gasteiger partial charge in [0.25, 0.3) is 0 Å². The van der Waals surface area contributed by atoms with Gasteiger partial charge in [0, 0.05) is 18.8 Å². The minimum absolute atomic E-state index is 0.112. The van der Waals surface area contributed by atoms with Gasteiger partial charge in [-0.3, -0.25) is 9.59 Å². The second-order valence-corrected chi connectivity index (χ2v) is 3.96. The minimum Gasteiger partial charge on any atom is -0.458 e. The molecule has 18 heavy (non-hydrogen) atoms. The average Bonchev–Trinajstić information content (AvgIpc) is 2.26. The number of hydrogen-bond acceptors (Lipinski definition) is 6. The van der Waals surface area contributed by atoms with Crippen LogP contribution in [-0.2, 0) is 23.8 Å². The van der Waals surface area contributed by atoms with E-state index in [-0.39, 0.29) is 6.61 Å². The Labute approximate surface area is 104 Å². The van der Waals surface area contributed by atoms with Gasteiger partial charge >= 0.3 is 11.9 Å². The molecule has 1 fully saturated rings. The fourth-order valence-electron chi connectivity index (χ4n) is 1.78. The first-order valence-electron chi connectivity index (χ1n) is 5.46. The molecule has 0 amide bonds. The number of azide groups is 1. The van der Waals surface area contributed by atoms with Gasteiger partial charge < -0.3 is 14.2 Å². The SMILES string of the molecule is CC(=O)OC1C(N=[N+]=[N-])COC(C)[C@H]1OC(C)=O. The van der Waals surface area contributed by atoms with E-state index in [4.69, 9.17) is 19.7 Å². The smallest absolute Gasteiger partial charge is 0.303 e. The molecule has 0 saturated carbocycles. The van der Waals surface area contributed by atoms with Crippen LogP contribution >= 0.6 is 0 Å². The normalized spacial score (nSPS) is 31.1. The molecule has 0 bridgehead atoms. The van der Waals surface area contributed by atoms with Crippen molar-refractivity contribution in [1.82, 2.24) is 0 Å². The van der Waals surface area contributed by atoms with Gasteiger partial charge in [-0.1, -0.05) is 5.11 Å². The summed E-state index contributed by atoms with van der Waals surface area (Å²) in [6.45, 7) is 4.28. The molecular weight excluding hydrogens is 242 g/mol. The lowest BCUT2D eigenvalue weighted by molar-refractivity contribution is -0.194. The number of hydrogen-bond donors (Lipinski definition) is 0. The molecule has 0 aliphatic carbocycles. The van der Waals surface area contributed by atoms with Crippen LogP contribution in [0, 0.1) is 0 Å². The highest BCUT2D eigenvalue weighted by molar-refractivity contribution is 5.67. The van der Waals surface area contributed by atoms with Crippen molar-refractivity contribution in [3.63, 3.8) is 0 Å². The number of carbonyl (C=O) groups excluding carboxylic acids is 2. The molecule has 3 unspecified atom stereocenters. The van der Waals surface area contributed by atoms with E-state index >= 15 is 0 Å². The van der Waals surface area contributed by atoms with Crippen LogP contribution in [0.4, 0.5) is 0 Å². The predicted octanol–water partition coefficient (Wildman–Crippen LogP) is 0.947. The van der Waals surface area contributed by atoms with Crippen molar-refractivity contribution in [3.8, 4) is 0 Å². The van der Waals surface area contributed by atoms with E-state index < -0.39 is 36.3 Å². The van der Waals surface area contributed by atoms with Crippen LogP contribution in [0.1, 0.15) is 20.8 Å². The van der Waals surface area contributed by atoms with E-state index in [2.05, 4.69) is 10.0 Å². The van der Waals surface area contributed by atoms with Crippen LogP contribution < -0.4 is 0 Å². The summed E-state index contributed by atoms with van der Waals surface area (Å²) in [7, 11) is 0. The topological polar surface area (TPSA) is 111 Å². The van der Waals surface area contributed by atoms with Crippen molar-refractivity contribution < 1.29 is 23.8 Å². The second-order valence-electron chi connectivity index (χ2n) is 3.96. The van der Waals surface area contributed by atoms with Crippen LogP contribution in [0.15, 0.2) is 5.11 Å². The van der Waals surface area contributed by atoms with Crippen LogP contribution in [0.5, 0.6) is 0 Å². The van der Waals surface area contributed by atoms with Crippen molar-refractivity contribution in [2.45, 2.75) is 45.1 Å². The van der Waals surface area contributed by atoms with E-state index in [0.717, 1.165) is 0 Å². The predicted molar refractivity (Wildman–Crippen MR) is 59.5 cm³/mol. The molecule has 0 spiro atoms. The Morgan fingerprint density at radius 1 is 1.28 bits per heavy atom. The van der Waals surface area contributed by atoms with Crippen LogP contribution in [0.2, 0.25) is 0 Å². The molecule has 1 rings (SSSR count). The summed E-state index contributed by atoms with van der Waals surface area (Å²) in [5.74, 6) is -1.06. The fourth-order valence-corrected chi connectivity index (χ4v) is 1.78. The van der Waals surface area contributed by atoms with E-state index in [1.165, 1.54) is 13.8 Å². The number of nitrogens with zero attached hydrogens (tertiary/aromatic N) is 3. The number of esters is 2. The second kappa shape index (κ2) is 6.23. The van der Waals surface area contributed by atoms with E-state index in [1.807, 2.05) is 0 Å². The largest absolute Gasteiger partial charge is 0.458 e. The van der Waals surface area contributed by atoms with Crippen LogP contribution in [0.25, 0.3) is 10.4 Å². The first-order chi connectivity index (χ1) is 8.45. The monoisotopic (exact) mass is 257 g/mol. The fraction of sp³-hybridized carbons (Fsp3) is 0.800. The zero-order valence-corrected chi connectivity index (χ0v) is 10.4. The molecule has 1 heterocycles. The molecule has 0 aromatic rings. The van der Waals surface area contributed by atoms with E-state index in [0.29, 0.717) is 0 Å². The van der Waals surface area contributed by atoms with Gasteiger partial charge in [-0.2, -0.15) is 0 Å². The molecule has 0 aromatic carbocycles. The molecule has 8 heteroatoms. The molecule has 0 aromatic heterocycles. The van der Waals surface area contributed by atoms with Crippen LogP contribution in [0.3, 0.4) is 0 Å². The maximum absolute atomic E-state index is 11.1. The highest BCUT2D eigenvalue weighted by atomic mass is 16.6. The third kappa shape index (κ3) is 3.61. The Morgan fingerprint density at radius 2 is 1.83 bits per heavy atom. The molecular formula is C10H15N3O5. The Hall–Kier alpha value is -1.79. The molecule has 4 atom stereocenters. The lowest BCUT2D eigenvalue weighted by Gasteiger charge is -2.38. The third-order valence-electron chi connectivity index (χ3n) is 2.50. The quantitative estimate of drug-likeness (QED) is 0.323. The van der Waals surface area contributed by atoms with Crippen molar-refractivity contribution >= 4 is 11.9 Å². The third-order valence-corrected chi connectivity index (χ3v) is 2.50. The van der Waals surface area contributed by atoms with Crippen molar-refractivity contribution in [3.05, 3.63) is 10.4 Å². The molecule has 100 valence electrons. The molecule has 0 N–H and O–H groups in total. The first kappa shape index (κ1) is 14.3. The van der Waals surface area contributed by atoms with Gasteiger partial charge in [-0.15, -0.1) is 0 Å². The van der Waals surface area contributed by atoms with Crippen molar-refractivity contribution in [1.29, 1.82) is 0 Å². The summed E-state index contributed by atoms with van der Waals surface area (Å²) in [4.78, 5) is 24.8. The maximum Gasteiger partial charge on any atom is 0.303 e. The van der Waals surface area contributed by atoms with E-state index in [1.54, 1.807) is 6.92 Å². The Morgan fingerprint density at radius 3 is 2.33 bits per heavy atom. The highest BCUT2D eigenvalue weighted by Gasteiger charge is 2.42. The Bertz CT molecular complexity index is 380. The highest BCUT2D eigenvalue weighted by Crippen LogP contribution is 2.23. The molecule has 1 aliphatic rings. The van der Waals surface area contributed by atoms with E-state index in [9.17, 15) is 9.59 Å². The van der Waals surface area contributed by atoms with Gasteiger partial charge in [-0.05, 0) is 12.5 Å². The molecule has 1 saturated heterocycles. The lowest BCUT2D eigenvalue weighted by atomic mass is 9.99. The average molecular weight is 257 g/mol. The van der Waals surface area contributed by atoms with Gasteiger partial charge in [0.05, 0.1) is 12.7 Å². The number of rotatable bonds is 3. The number of carbonyl (C=O) groups is 2. The number of ether oxygens (including phenoxy) is 3. The maximum atomic E-state index is 11.1. The van der Waals surface area contributed by atoms with Gasteiger partial charge in [0.15, 0.2) is 12.2 Å². The molecule has 1 aliphatic heterocycles. The van der Waals surface area contributed by atoms with Crippen molar-refractivity contribution in [2.75, 3.05) is 6.61 Å². The van der Waals surface area contributed by atoms with Crippen molar-refractivity contribution in [2.24, 2.45) is 5.11 Å². The molecule has 8 nitrogen and oxygen atoms in total. The summed E-state index contributed by atoms with van der Waals surface area (Å²) < 4.78 is 15.5. The zero-order chi connectivity index (χ0) is 13.7. The summed E-state index contributed by atoms with van der Waals surface area (Å²) in [6, 6.07) is -0.709. The minimum atomic E-state index is -0.828. The molecule has 0 radical (unpaired) electrons. The lowest BCUT2D eigenvalue weighted by Crippen LogP contribution is -2.54. The van der Waals surface area contributed by atoms with Gasteiger partial charge in [-0.25, -0.2) is 0 Å². The first-order valence-corrected chi connectivity index (χ1v) is 5.46. The summed E-state index contributed by atoms with van der Waals surface area (Å²) >= 11 is 0.